The maximum atomic E-state index is 13.8. The number of ether oxygens (including phenoxy) is 1. The van der Waals surface area contributed by atoms with Crippen LogP contribution in [0.4, 0.5) is 5.69 Å². The van der Waals surface area contributed by atoms with E-state index in [1.54, 1.807) is 43.3 Å². The van der Waals surface area contributed by atoms with Gasteiger partial charge in [-0.2, -0.15) is 0 Å². The summed E-state index contributed by atoms with van der Waals surface area (Å²) in [5, 5.41) is 3.27. The van der Waals surface area contributed by atoms with Gasteiger partial charge in [-0.25, -0.2) is 8.42 Å². The van der Waals surface area contributed by atoms with Crippen molar-refractivity contribution in [2.45, 2.75) is 44.2 Å². The van der Waals surface area contributed by atoms with Gasteiger partial charge in [-0.15, -0.1) is 0 Å². The molecule has 0 saturated heterocycles. The summed E-state index contributed by atoms with van der Waals surface area (Å²) in [6.45, 7) is 5.04. The Morgan fingerprint density at radius 3 is 2.10 bits per heavy atom. The molecule has 0 radical (unpaired) electrons. The second-order valence-electron chi connectivity index (χ2n) is 9.33. The molecule has 0 aliphatic carbocycles. The molecule has 208 valence electrons. The summed E-state index contributed by atoms with van der Waals surface area (Å²) in [5.74, 6) is -0.327. The number of amides is 2. The van der Waals surface area contributed by atoms with E-state index in [2.05, 4.69) is 5.32 Å². The zero-order valence-corrected chi connectivity index (χ0v) is 24.1. The van der Waals surface area contributed by atoms with E-state index in [0.717, 1.165) is 9.87 Å². The zero-order chi connectivity index (χ0) is 28.6. The van der Waals surface area contributed by atoms with Crippen molar-refractivity contribution < 1.29 is 22.7 Å². The van der Waals surface area contributed by atoms with E-state index < -0.39 is 28.5 Å². The SMILES string of the molecule is COc1ccc(S(=O)(=O)N(CC(=O)N(CCc2ccccc2)[C@H](C)C(=O)NC(C)C)c2ccc(Cl)cc2)cc1. The molecular formula is C29H34ClN3O5S. The van der Waals surface area contributed by atoms with Gasteiger partial charge in [0.1, 0.15) is 18.3 Å². The van der Waals surface area contributed by atoms with Crippen molar-refractivity contribution in [3.8, 4) is 5.75 Å². The quantitative estimate of drug-likeness (QED) is 0.345. The van der Waals surface area contributed by atoms with Crippen LogP contribution in [0.3, 0.4) is 0 Å². The Kier molecular flexibility index (Phi) is 10.4. The molecule has 3 rings (SSSR count). The monoisotopic (exact) mass is 571 g/mol. The van der Waals surface area contributed by atoms with Crippen molar-refractivity contribution in [2.24, 2.45) is 0 Å². The molecule has 10 heteroatoms. The first-order valence-corrected chi connectivity index (χ1v) is 14.4. The topological polar surface area (TPSA) is 96.0 Å². The standard InChI is InChI=1S/C29H34ClN3O5S/c1-21(2)31-29(35)22(3)32(19-18-23-8-6-5-7-9-23)28(34)20-33(25-12-10-24(30)11-13-25)39(36,37)27-16-14-26(38-4)15-17-27/h5-17,21-22H,18-20H2,1-4H3,(H,31,35)/t22-/m1/s1. The fourth-order valence-electron chi connectivity index (χ4n) is 3.99. The molecule has 8 nitrogen and oxygen atoms in total. The zero-order valence-electron chi connectivity index (χ0n) is 22.5. The smallest absolute Gasteiger partial charge is 0.264 e. The molecule has 0 aliphatic heterocycles. The average molecular weight is 572 g/mol. The third kappa shape index (κ3) is 7.97. The van der Waals surface area contributed by atoms with E-state index >= 15 is 0 Å². The van der Waals surface area contributed by atoms with Crippen LogP contribution in [0.25, 0.3) is 0 Å². The highest BCUT2D eigenvalue weighted by Crippen LogP contribution is 2.27. The van der Waals surface area contributed by atoms with Crippen LogP contribution >= 0.6 is 11.6 Å². The van der Waals surface area contributed by atoms with E-state index in [-0.39, 0.29) is 29.1 Å². The molecule has 39 heavy (non-hydrogen) atoms. The van der Waals surface area contributed by atoms with Crippen LogP contribution < -0.4 is 14.4 Å². The van der Waals surface area contributed by atoms with Crippen molar-refractivity contribution in [3.05, 3.63) is 89.4 Å². The summed E-state index contributed by atoms with van der Waals surface area (Å²) >= 11 is 6.05. The predicted molar refractivity (Wildman–Crippen MR) is 154 cm³/mol. The van der Waals surface area contributed by atoms with Crippen LogP contribution in [0.2, 0.25) is 5.02 Å². The van der Waals surface area contributed by atoms with Crippen molar-refractivity contribution >= 4 is 39.1 Å². The summed E-state index contributed by atoms with van der Waals surface area (Å²) in [4.78, 5) is 28.2. The fourth-order valence-corrected chi connectivity index (χ4v) is 5.53. The van der Waals surface area contributed by atoms with Crippen LogP contribution in [0.15, 0.2) is 83.8 Å². The molecule has 0 aromatic heterocycles. The lowest BCUT2D eigenvalue weighted by molar-refractivity contribution is -0.139. The predicted octanol–water partition coefficient (Wildman–Crippen LogP) is 4.53. The molecule has 0 fully saturated rings. The second kappa shape index (κ2) is 13.5. The first-order chi connectivity index (χ1) is 18.5. The number of sulfonamides is 1. The lowest BCUT2D eigenvalue weighted by Gasteiger charge is -2.32. The van der Waals surface area contributed by atoms with E-state index in [9.17, 15) is 18.0 Å². The molecule has 1 atom stereocenters. The number of hydrogen-bond acceptors (Lipinski definition) is 5. The molecule has 3 aromatic carbocycles. The summed E-state index contributed by atoms with van der Waals surface area (Å²) in [5.41, 5.74) is 1.26. The molecular weight excluding hydrogens is 538 g/mol. The molecule has 0 unspecified atom stereocenters. The Morgan fingerprint density at radius 2 is 1.54 bits per heavy atom. The number of halogens is 1. The van der Waals surface area contributed by atoms with Gasteiger partial charge in [-0.1, -0.05) is 41.9 Å². The highest BCUT2D eigenvalue weighted by atomic mass is 35.5. The Hall–Kier alpha value is -3.56. The maximum absolute atomic E-state index is 13.8. The first-order valence-electron chi connectivity index (χ1n) is 12.6. The van der Waals surface area contributed by atoms with Gasteiger partial charge >= 0.3 is 0 Å². The lowest BCUT2D eigenvalue weighted by atomic mass is 10.1. The normalized spacial score (nSPS) is 12.1. The minimum atomic E-state index is -4.17. The van der Waals surface area contributed by atoms with Gasteiger partial charge in [-0.05, 0) is 81.3 Å². The Bertz CT molecular complexity index is 1350. The minimum absolute atomic E-state index is 0.00696. The third-order valence-electron chi connectivity index (χ3n) is 6.12. The number of nitrogens with zero attached hydrogens (tertiary/aromatic N) is 2. The number of rotatable bonds is 12. The van der Waals surface area contributed by atoms with Crippen LogP contribution in [-0.4, -0.2) is 57.4 Å². The fraction of sp³-hybridized carbons (Fsp3) is 0.310. The van der Waals surface area contributed by atoms with Crippen molar-refractivity contribution in [2.75, 3.05) is 24.5 Å². The van der Waals surface area contributed by atoms with Gasteiger partial charge in [0.2, 0.25) is 11.8 Å². The second-order valence-corrected chi connectivity index (χ2v) is 11.6. The van der Waals surface area contributed by atoms with Crippen LogP contribution in [0.5, 0.6) is 5.75 Å². The molecule has 3 aromatic rings. The number of benzene rings is 3. The Labute approximate surface area is 235 Å². The maximum Gasteiger partial charge on any atom is 0.264 e. The van der Waals surface area contributed by atoms with Crippen LogP contribution in [-0.2, 0) is 26.0 Å². The number of nitrogens with one attached hydrogen (secondary N) is 1. The highest BCUT2D eigenvalue weighted by molar-refractivity contribution is 7.92. The Morgan fingerprint density at radius 1 is 0.923 bits per heavy atom. The van der Waals surface area contributed by atoms with E-state index in [0.29, 0.717) is 17.2 Å². The van der Waals surface area contributed by atoms with Gasteiger partial charge in [-0.3, -0.25) is 13.9 Å². The minimum Gasteiger partial charge on any atom is -0.497 e. The summed E-state index contributed by atoms with van der Waals surface area (Å²) in [6, 6.07) is 20.8. The summed E-state index contributed by atoms with van der Waals surface area (Å²) in [6.07, 6.45) is 0.498. The number of carbonyl (C=O) groups is 2. The lowest BCUT2D eigenvalue weighted by Crippen LogP contribution is -2.53. The third-order valence-corrected chi connectivity index (χ3v) is 8.16. The van der Waals surface area contributed by atoms with Gasteiger partial charge in [0.15, 0.2) is 0 Å². The molecule has 2 amide bonds. The molecule has 0 bridgehead atoms. The van der Waals surface area contributed by atoms with E-state index in [4.69, 9.17) is 16.3 Å². The van der Waals surface area contributed by atoms with Crippen molar-refractivity contribution in [1.29, 1.82) is 0 Å². The molecule has 0 aliphatic rings. The summed E-state index contributed by atoms with van der Waals surface area (Å²) < 4.78 is 33.8. The molecule has 0 saturated carbocycles. The van der Waals surface area contributed by atoms with Crippen LogP contribution in [0.1, 0.15) is 26.3 Å². The van der Waals surface area contributed by atoms with Gasteiger partial charge < -0.3 is 15.0 Å². The number of hydrogen-bond donors (Lipinski definition) is 1. The number of carbonyl (C=O) groups excluding carboxylic acids is 2. The van der Waals surface area contributed by atoms with Crippen molar-refractivity contribution in [1.82, 2.24) is 10.2 Å². The number of anilines is 1. The number of methoxy groups -OCH3 is 1. The van der Waals surface area contributed by atoms with Gasteiger partial charge in [0.25, 0.3) is 10.0 Å². The molecule has 1 N–H and O–H groups in total. The Balaban J connectivity index is 1.97. The van der Waals surface area contributed by atoms with Crippen molar-refractivity contribution in [3.63, 3.8) is 0 Å². The summed E-state index contributed by atoms with van der Waals surface area (Å²) in [7, 11) is -2.68. The largest absolute Gasteiger partial charge is 0.497 e. The van der Waals surface area contributed by atoms with Crippen LogP contribution in [0, 0.1) is 0 Å². The van der Waals surface area contributed by atoms with E-state index in [1.807, 2.05) is 44.2 Å². The molecule has 0 spiro atoms. The van der Waals surface area contributed by atoms with Gasteiger partial charge in [0, 0.05) is 17.6 Å². The first kappa shape index (κ1) is 30.0. The van der Waals surface area contributed by atoms with E-state index in [1.165, 1.54) is 24.1 Å². The molecule has 0 heterocycles. The van der Waals surface area contributed by atoms with Gasteiger partial charge in [0.05, 0.1) is 17.7 Å². The highest BCUT2D eigenvalue weighted by Gasteiger charge is 2.32. The average Bonchev–Trinajstić information content (AvgIpc) is 2.92.